The van der Waals surface area contributed by atoms with Gasteiger partial charge in [-0.15, -0.1) is 22.9 Å². The monoisotopic (exact) mass is 404 g/mol. The summed E-state index contributed by atoms with van der Waals surface area (Å²) < 4.78 is 0. The Morgan fingerprint density at radius 3 is 2.67 bits per heavy atom. The standard InChI is InChI=1S/C21H25ClN2O2S/c1-15(2)13-23(19(25)12-22)14-20(26)24-10-8-18-17(9-11-27-18)21(24)16-6-4-3-5-7-16/h3-7,9,11,15,21H,8,10,12-14H2,1-2H3/t21-/m1/s1. The highest BCUT2D eigenvalue weighted by molar-refractivity contribution is 7.10. The van der Waals surface area contributed by atoms with Crippen LogP contribution >= 0.6 is 22.9 Å². The summed E-state index contributed by atoms with van der Waals surface area (Å²) in [5.74, 6) is -0.0423. The minimum atomic E-state index is -0.191. The molecule has 2 amide bonds. The first-order valence-electron chi connectivity index (χ1n) is 9.25. The van der Waals surface area contributed by atoms with Gasteiger partial charge in [-0.25, -0.2) is 0 Å². The van der Waals surface area contributed by atoms with Crippen molar-refractivity contribution >= 4 is 34.8 Å². The first-order valence-corrected chi connectivity index (χ1v) is 10.7. The van der Waals surface area contributed by atoms with Crippen molar-refractivity contribution < 1.29 is 9.59 Å². The highest BCUT2D eigenvalue weighted by atomic mass is 35.5. The lowest BCUT2D eigenvalue weighted by Gasteiger charge is -2.37. The van der Waals surface area contributed by atoms with Crippen LogP contribution in [-0.4, -0.2) is 47.1 Å². The van der Waals surface area contributed by atoms with Gasteiger partial charge in [0.2, 0.25) is 11.8 Å². The molecule has 2 aromatic rings. The molecular weight excluding hydrogens is 380 g/mol. The predicted octanol–water partition coefficient (Wildman–Crippen LogP) is 3.95. The second-order valence-electron chi connectivity index (χ2n) is 7.25. The number of amides is 2. The zero-order chi connectivity index (χ0) is 19.4. The molecule has 1 aliphatic rings. The van der Waals surface area contributed by atoms with Crippen LogP contribution in [0.5, 0.6) is 0 Å². The number of benzene rings is 1. The Morgan fingerprint density at radius 1 is 1.26 bits per heavy atom. The second kappa shape index (κ2) is 8.89. The number of hydrogen-bond donors (Lipinski definition) is 0. The number of halogens is 1. The maximum absolute atomic E-state index is 13.2. The van der Waals surface area contributed by atoms with E-state index in [1.165, 1.54) is 10.4 Å². The van der Waals surface area contributed by atoms with Crippen LogP contribution < -0.4 is 0 Å². The molecule has 2 heterocycles. The minimum absolute atomic E-state index is 0.0279. The highest BCUT2D eigenvalue weighted by Crippen LogP contribution is 2.37. The van der Waals surface area contributed by atoms with E-state index in [9.17, 15) is 9.59 Å². The Kier molecular flexibility index (Phi) is 6.55. The molecule has 1 aliphatic heterocycles. The van der Waals surface area contributed by atoms with Gasteiger partial charge in [-0.2, -0.15) is 0 Å². The van der Waals surface area contributed by atoms with Crippen LogP contribution in [0.3, 0.4) is 0 Å². The molecule has 3 rings (SSSR count). The average molecular weight is 405 g/mol. The van der Waals surface area contributed by atoms with Crippen LogP contribution in [0.25, 0.3) is 0 Å². The number of nitrogens with zero attached hydrogens (tertiary/aromatic N) is 2. The van der Waals surface area contributed by atoms with Gasteiger partial charge in [-0.05, 0) is 34.9 Å². The van der Waals surface area contributed by atoms with E-state index >= 15 is 0 Å². The molecule has 0 spiro atoms. The predicted molar refractivity (Wildman–Crippen MR) is 110 cm³/mol. The zero-order valence-electron chi connectivity index (χ0n) is 15.7. The van der Waals surface area contributed by atoms with E-state index in [1.807, 2.05) is 36.9 Å². The quantitative estimate of drug-likeness (QED) is 0.684. The lowest BCUT2D eigenvalue weighted by molar-refractivity contribution is -0.141. The van der Waals surface area contributed by atoms with E-state index in [1.54, 1.807) is 16.2 Å². The van der Waals surface area contributed by atoms with Crippen LogP contribution in [-0.2, 0) is 16.0 Å². The van der Waals surface area contributed by atoms with Crippen molar-refractivity contribution in [3.05, 3.63) is 57.8 Å². The number of hydrogen-bond acceptors (Lipinski definition) is 3. The van der Waals surface area contributed by atoms with E-state index in [-0.39, 0.29) is 36.2 Å². The van der Waals surface area contributed by atoms with Gasteiger partial charge in [0, 0.05) is 18.0 Å². The molecular formula is C21H25ClN2O2S. The minimum Gasteiger partial charge on any atom is -0.332 e. The first-order chi connectivity index (χ1) is 13.0. The number of rotatable bonds is 6. The van der Waals surface area contributed by atoms with Crippen molar-refractivity contribution in [1.82, 2.24) is 9.80 Å². The van der Waals surface area contributed by atoms with Gasteiger partial charge in [0.25, 0.3) is 0 Å². The van der Waals surface area contributed by atoms with E-state index in [0.717, 1.165) is 12.0 Å². The van der Waals surface area contributed by atoms with Gasteiger partial charge < -0.3 is 9.80 Å². The topological polar surface area (TPSA) is 40.6 Å². The fourth-order valence-electron chi connectivity index (χ4n) is 3.61. The van der Waals surface area contributed by atoms with E-state index in [0.29, 0.717) is 13.1 Å². The summed E-state index contributed by atoms with van der Waals surface area (Å²) in [5.41, 5.74) is 2.30. The van der Waals surface area contributed by atoms with Crippen molar-refractivity contribution in [2.45, 2.75) is 26.3 Å². The number of thiophene rings is 1. The van der Waals surface area contributed by atoms with Gasteiger partial charge in [0.05, 0.1) is 12.6 Å². The number of alkyl halides is 1. The van der Waals surface area contributed by atoms with Crippen molar-refractivity contribution in [2.24, 2.45) is 5.92 Å². The maximum atomic E-state index is 13.2. The third kappa shape index (κ3) is 4.53. The Labute approximate surface area is 169 Å². The van der Waals surface area contributed by atoms with Crippen molar-refractivity contribution in [3.8, 4) is 0 Å². The molecule has 0 saturated heterocycles. The second-order valence-corrected chi connectivity index (χ2v) is 8.52. The summed E-state index contributed by atoms with van der Waals surface area (Å²) in [7, 11) is 0. The molecule has 1 atom stereocenters. The van der Waals surface area contributed by atoms with Crippen LogP contribution in [0.1, 0.15) is 35.9 Å². The maximum Gasteiger partial charge on any atom is 0.242 e. The smallest absolute Gasteiger partial charge is 0.242 e. The van der Waals surface area contributed by atoms with Crippen molar-refractivity contribution in [3.63, 3.8) is 0 Å². The van der Waals surface area contributed by atoms with Gasteiger partial charge >= 0.3 is 0 Å². The molecule has 0 saturated carbocycles. The molecule has 0 fully saturated rings. The molecule has 1 aromatic carbocycles. The first kappa shape index (κ1) is 19.9. The fourth-order valence-corrected chi connectivity index (χ4v) is 4.69. The highest BCUT2D eigenvalue weighted by Gasteiger charge is 2.33. The Hall–Kier alpha value is -1.85. The molecule has 27 heavy (non-hydrogen) atoms. The third-order valence-electron chi connectivity index (χ3n) is 4.78. The molecule has 6 heteroatoms. The SMILES string of the molecule is CC(C)CN(CC(=O)N1CCc2sccc2[C@H]1c1ccccc1)C(=O)CCl. The van der Waals surface area contributed by atoms with E-state index in [2.05, 4.69) is 23.6 Å². The summed E-state index contributed by atoms with van der Waals surface area (Å²) >= 11 is 7.51. The van der Waals surface area contributed by atoms with Gasteiger partial charge in [0.15, 0.2) is 0 Å². The largest absolute Gasteiger partial charge is 0.332 e. The Bertz CT molecular complexity index is 790. The van der Waals surface area contributed by atoms with Crippen LogP contribution in [0.2, 0.25) is 0 Å². The summed E-state index contributed by atoms with van der Waals surface area (Å²) in [5, 5.41) is 2.09. The van der Waals surface area contributed by atoms with Gasteiger partial charge in [-0.1, -0.05) is 44.2 Å². The lowest BCUT2D eigenvalue weighted by atomic mass is 9.93. The lowest BCUT2D eigenvalue weighted by Crippen LogP contribution is -2.47. The number of carbonyl (C=O) groups excluding carboxylic acids is 2. The molecule has 0 unspecified atom stereocenters. The Balaban J connectivity index is 1.87. The van der Waals surface area contributed by atoms with Gasteiger partial charge in [0.1, 0.15) is 5.88 Å². The van der Waals surface area contributed by atoms with Gasteiger partial charge in [-0.3, -0.25) is 9.59 Å². The number of carbonyl (C=O) groups is 2. The Morgan fingerprint density at radius 2 is 2.00 bits per heavy atom. The summed E-state index contributed by atoms with van der Waals surface area (Å²) in [6.45, 7) is 5.34. The fraction of sp³-hybridized carbons (Fsp3) is 0.429. The summed E-state index contributed by atoms with van der Waals surface area (Å²) in [6, 6.07) is 12.1. The number of fused-ring (bicyclic) bond motifs is 1. The average Bonchev–Trinajstić information content (AvgIpc) is 3.15. The molecule has 4 nitrogen and oxygen atoms in total. The summed E-state index contributed by atoms with van der Waals surface area (Å²) in [4.78, 5) is 30.3. The van der Waals surface area contributed by atoms with Crippen LogP contribution in [0.4, 0.5) is 0 Å². The summed E-state index contributed by atoms with van der Waals surface area (Å²) in [6.07, 6.45) is 0.857. The van der Waals surface area contributed by atoms with E-state index in [4.69, 9.17) is 11.6 Å². The van der Waals surface area contributed by atoms with Crippen LogP contribution in [0.15, 0.2) is 41.8 Å². The van der Waals surface area contributed by atoms with Crippen molar-refractivity contribution in [1.29, 1.82) is 0 Å². The zero-order valence-corrected chi connectivity index (χ0v) is 17.3. The molecule has 0 aliphatic carbocycles. The van der Waals surface area contributed by atoms with E-state index < -0.39 is 0 Å². The molecule has 0 bridgehead atoms. The third-order valence-corrected chi connectivity index (χ3v) is 6.01. The van der Waals surface area contributed by atoms with Crippen LogP contribution in [0, 0.1) is 5.92 Å². The molecule has 1 aromatic heterocycles. The molecule has 144 valence electrons. The molecule has 0 radical (unpaired) electrons. The normalized spacial score (nSPS) is 16.3. The molecule has 0 N–H and O–H groups in total. The van der Waals surface area contributed by atoms with Crippen molar-refractivity contribution in [2.75, 3.05) is 25.5 Å².